The Morgan fingerprint density at radius 2 is 1.25 bits per heavy atom. The van der Waals surface area contributed by atoms with Gasteiger partial charge in [-0.3, -0.25) is 0 Å². The second kappa shape index (κ2) is 32.0. The van der Waals surface area contributed by atoms with Gasteiger partial charge >= 0.3 is 0 Å². The Morgan fingerprint density at radius 1 is 1.25 bits per heavy atom. The Bertz CT molecular complexity index is 8.00. The molecule has 0 bridgehead atoms. The van der Waals surface area contributed by atoms with E-state index in [1.165, 1.54) is 0 Å². The Morgan fingerprint density at radius 3 is 1.25 bits per heavy atom. The Kier molecular flexibility index (Phi) is 155. The van der Waals surface area contributed by atoms with Crippen molar-refractivity contribution in [3.05, 3.63) is 0 Å². The van der Waals surface area contributed by atoms with Crippen LogP contribution in [0.4, 0.5) is 0 Å². The molecule has 0 aromatic carbocycles. The monoisotopic (exact) mass is 248 g/mol. The zero-order valence-electron chi connectivity index (χ0n) is 2.36. The summed E-state index contributed by atoms with van der Waals surface area (Å²) in [7, 11) is 1.00. The van der Waals surface area contributed by atoms with E-state index in [0.29, 0.717) is 0 Å². The van der Waals surface area contributed by atoms with Crippen molar-refractivity contribution in [1.82, 2.24) is 0 Å². The number of halogens is 1. The van der Waals surface area contributed by atoms with Crippen LogP contribution in [-0.4, -0.2) is 12.2 Å². The zero-order chi connectivity index (χ0) is 2.00. The summed E-state index contributed by atoms with van der Waals surface area (Å²) in [5, 5.41) is 7.00. The Balaban J connectivity index is -0.00000000500. The number of rotatable bonds is 0. The first-order chi connectivity index (χ1) is 1.00. The van der Waals surface area contributed by atoms with Crippen molar-refractivity contribution in [2.45, 2.75) is 0 Å². The van der Waals surface area contributed by atoms with Gasteiger partial charge in [0, 0.05) is 33.0 Å². The van der Waals surface area contributed by atoms with E-state index in [2.05, 4.69) is 0 Å². The molecule has 0 aliphatic rings. The van der Waals surface area contributed by atoms with Gasteiger partial charge in [-0.05, 0) is 0 Å². The topological polar surface area (TPSA) is 20.2 Å². The largest absolute Gasteiger partial charge is 0.400 e. The molecule has 0 radical (unpaired) electrons. The van der Waals surface area contributed by atoms with Gasteiger partial charge in [-0.1, -0.05) is 0 Å². The van der Waals surface area contributed by atoms with E-state index in [0.717, 1.165) is 7.11 Å². The summed E-state index contributed by atoms with van der Waals surface area (Å²) < 4.78 is 0. The Labute approximate surface area is 50.6 Å². The van der Waals surface area contributed by atoms with E-state index in [-0.39, 0.29) is 38.3 Å². The van der Waals surface area contributed by atoms with E-state index >= 15 is 0 Å². The van der Waals surface area contributed by atoms with E-state index < -0.39 is 0 Å². The van der Waals surface area contributed by atoms with Gasteiger partial charge in [0.15, 0.2) is 0 Å². The zero-order valence-corrected chi connectivity index (χ0v) is 6.76. The fourth-order valence-corrected chi connectivity index (χ4v) is 0. The maximum atomic E-state index is 7.00. The van der Waals surface area contributed by atoms with E-state index in [1.807, 2.05) is 0 Å². The minimum atomic E-state index is 0. The van der Waals surface area contributed by atoms with Gasteiger partial charge in [0.05, 0.1) is 0 Å². The Hall–Kier alpha value is 1.12. The molecule has 0 aliphatic heterocycles. The molecule has 3 heteroatoms. The second-order valence-corrected chi connectivity index (χ2v) is 0. The standard InChI is InChI=1S/CH4O.ClH.Hf/c1-2;;/h2H,1H3;1H;. The molecule has 4 heavy (non-hydrogen) atoms. The summed E-state index contributed by atoms with van der Waals surface area (Å²) >= 11 is 0. The summed E-state index contributed by atoms with van der Waals surface area (Å²) in [6, 6.07) is 0. The SMILES string of the molecule is CO.Cl.[Hf]. The third-order valence-corrected chi connectivity index (χ3v) is 0. The quantitative estimate of drug-likeness (QED) is 0.598. The van der Waals surface area contributed by atoms with Crippen LogP contribution in [-0.2, 0) is 25.8 Å². The van der Waals surface area contributed by atoms with Crippen LogP contribution in [0.2, 0.25) is 0 Å². The van der Waals surface area contributed by atoms with Gasteiger partial charge < -0.3 is 5.11 Å². The molecule has 0 fully saturated rings. The number of hydrogen-bond donors (Lipinski definition) is 1. The fraction of sp³-hybridized carbons (Fsp3) is 1.00. The number of hydrogen-bond acceptors (Lipinski definition) is 1. The summed E-state index contributed by atoms with van der Waals surface area (Å²) in [4.78, 5) is 0. The van der Waals surface area contributed by atoms with Gasteiger partial charge in [0.1, 0.15) is 0 Å². The summed E-state index contributed by atoms with van der Waals surface area (Å²) in [6.07, 6.45) is 0. The normalized spacial score (nSPS) is 1.50. The number of aliphatic hydroxyl groups is 1. The summed E-state index contributed by atoms with van der Waals surface area (Å²) in [5.74, 6) is 0. The van der Waals surface area contributed by atoms with Crippen LogP contribution in [0.1, 0.15) is 0 Å². The van der Waals surface area contributed by atoms with Crippen molar-refractivity contribution in [2.75, 3.05) is 7.11 Å². The van der Waals surface area contributed by atoms with Crippen LogP contribution < -0.4 is 0 Å². The molecule has 0 rings (SSSR count). The molecule has 0 amide bonds. The molecule has 26 valence electrons. The van der Waals surface area contributed by atoms with Crippen molar-refractivity contribution < 1.29 is 30.9 Å². The van der Waals surface area contributed by atoms with Crippen molar-refractivity contribution in [1.29, 1.82) is 0 Å². The molecule has 0 saturated heterocycles. The van der Waals surface area contributed by atoms with Crippen molar-refractivity contribution in [3.63, 3.8) is 0 Å². The first kappa shape index (κ1) is 19.3. The molecule has 0 aromatic heterocycles. The van der Waals surface area contributed by atoms with Crippen molar-refractivity contribution in [3.8, 4) is 0 Å². The van der Waals surface area contributed by atoms with Gasteiger partial charge in [-0.15, -0.1) is 12.4 Å². The minimum Gasteiger partial charge on any atom is -0.400 e. The molecule has 0 spiro atoms. The first-order valence-corrected chi connectivity index (χ1v) is 0.447. The maximum absolute atomic E-state index is 7.00. The molecule has 0 unspecified atom stereocenters. The summed E-state index contributed by atoms with van der Waals surface area (Å²) in [6.45, 7) is 0. The van der Waals surface area contributed by atoms with Crippen molar-refractivity contribution >= 4 is 12.4 Å². The predicted molar refractivity (Wildman–Crippen MR) is 15.4 cm³/mol. The molecule has 0 aliphatic carbocycles. The van der Waals surface area contributed by atoms with Crippen LogP contribution in [0.3, 0.4) is 0 Å². The minimum absolute atomic E-state index is 0. The van der Waals surface area contributed by atoms with Gasteiger partial charge in [0.25, 0.3) is 0 Å². The molecular weight excluding hydrogens is 242 g/mol. The van der Waals surface area contributed by atoms with Crippen molar-refractivity contribution in [2.24, 2.45) is 0 Å². The molecule has 0 heterocycles. The molecule has 0 saturated carbocycles. The van der Waals surface area contributed by atoms with Crippen LogP contribution in [0.15, 0.2) is 0 Å². The third kappa shape index (κ3) is 11.2. The van der Waals surface area contributed by atoms with Crippen LogP contribution >= 0.6 is 12.4 Å². The molecule has 0 aromatic rings. The van der Waals surface area contributed by atoms with Crippen LogP contribution in [0.25, 0.3) is 0 Å². The third-order valence-electron chi connectivity index (χ3n) is 0. The molecule has 1 nitrogen and oxygen atoms in total. The molecule has 0 atom stereocenters. The maximum Gasteiger partial charge on any atom is 0.0319 e. The second-order valence-electron chi connectivity index (χ2n) is 0. The van der Waals surface area contributed by atoms with E-state index in [9.17, 15) is 0 Å². The average Bonchev–Trinajstić information content (AvgIpc) is 1.00. The fourth-order valence-electron chi connectivity index (χ4n) is 0. The van der Waals surface area contributed by atoms with E-state index in [4.69, 9.17) is 5.11 Å². The smallest absolute Gasteiger partial charge is 0.0319 e. The predicted octanol–water partition coefficient (Wildman–Crippen LogP) is 0.0278. The molecule has 1 N–H and O–H groups in total. The van der Waals surface area contributed by atoms with Crippen LogP contribution in [0, 0.1) is 0 Å². The van der Waals surface area contributed by atoms with Gasteiger partial charge in [0.2, 0.25) is 0 Å². The van der Waals surface area contributed by atoms with E-state index in [1.54, 1.807) is 0 Å². The van der Waals surface area contributed by atoms with Gasteiger partial charge in [-0.25, -0.2) is 0 Å². The average molecular weight is 247 g/mol. The van der Waals surface area contributed by atoms with Crippen LogP contribution in [0.5, 0.6) is 0 Å². The first-order valence-electron chi connectivity index (χ1n) is 0.447. The van der Waals surface area contributed by atoms with Gasteiger partial charge in [-0.2, -0.15) is 0 Å². The number of aliphatic hydroxyl groups excluding tert-OH is 1. The summed E-state index contributed by atoms with van der Waals surface area (Å²) in [5.41, 5.74) is 0. The molecular formula is CH5ClHfO.